The van der Waals surface area contributed by atoms with E-state index in [1.54, 1.807) is 23.1 Å². The lowest BCUT2D eigenvalue weighted by atomic mass is 10.1. The van der Waals surface area contributed by atoms with Crippen LogP contribution in [-0.4, -0.2) is 71.6 Å². The Balaban J connectivity index is 1.67. The van der Waals surface area contributed by atoms with Crippen LogP contribution >= 0.6 is 0 Å². The molecule has 2 aliphatic rings. The van der Waals surface area contributed by atoms with Crippen LogP contribution < -0.4 is 9.47 Å². The van der Waals surface area contributed by atoms with Crippen molar-refractivity contribution in [2.24, 2.45) is 0 Å². The first-order chi connectivity index (χ1) is 13.0. The third-order valence-corrected chi connectivity index (χ3v) is 4.92. The highest BCUT2D eigenvalue weighted by Crippen LogP contribution is 2.31. The van der Waals surface area contributed by atoms with E-state index < -0.39 is 5.97 Å². The minimum absolute atomic E-state index is 0.0970. The van der Waals surface area contributed by atoms with Crippen molar-refractivity contribution in [3.8, 4) is 11.5 Å². The van der Waals surface area contributed by atoms with Crippen molar-refractivity contribution < 1.29 is 29.0 Å². The Morgan fingerprint density at radius 3 is 2.59 bits per heavy atom. The van der Waals surface area contributed by atoms with Gasteiger partial charge in [0.25, 0.3) is 5.91 Å². The van der Waals surface area contributed by atoms with Gasteiger partial charge in [0.05, 0.1) is 0 Å². The molecule has 0 saturated carbocycles. The number of carboxylic acid groups (broad SMARTS) is 1. The number of benzene rings is 1. The summed E-state index contributed by atoms with van der Waals surface area (Å²) in [5, 5.41) is 9.04. The van der Waals surface area contributed by atoms with E-state index in [1.807, 2.05) is 0 Å². The minimum Gasteiger partial charge on any atom is -0.486 e. The van der Waals surface area contributed by atoms with Crippen LogP contribution in [0.15, 0.2) is 18.2 Å². The van der Waals surface area contributed by atoms with Gasteiger partial charge in [-0.2, -0.15) is 0 Å². The molecule has 1 saturated heterocycles. The number of aliphatic carboxylic acids is 1. The van der Waals surface area contributed by atoms with Gasteiger partial charge >= 0.3 is 5.97 Å². The average molecular weight is 376 g/mol. The molecule has 2 aliphatic heterocycles. The van der Waals surface area contributed by atoms with Crippen LogP contribution in [0, 0.1) is 0 Å². The number of carboxylic acids is 1. The standard InChI is InChI=1S/C19H24N2O6/c1-13(22)21(12-18(23)24)15-3-2-7-20(8-6-15)19(25)14-4-5-16-17(11-14)27-10-9-26-16/h4-5,11,15H,2-3,6-10,12H2,1H3,(H,23,24). The van der Waals surface area contributed by atoms with E-state index in [0.717, 1.165) is 0 Å². The van der Waals surface area contributed by atoms with E-state index in [9.17, 15) is 14.4 Å². The van der Waals surface area contributed by atoms with Gasteiger partial charge in [-0.25, -0.2) is 0 Å². The molecule has 0 aromatic heterocycles. The number of carbonyl (C=O) groups excluding carboxylic acids is 2. The number of amides is 2. The number of likely N-dealkylation sites (tertiary alicyclic amines) is 1. The fourth-order valence-electron chi connectivity index (χ4n) is 3.60. The summed E-state index contributed by atoms with van der Waals surface area (Å²) in [7, 11) is 0. The lowest BCUT2D eigenvalue weighted by Crippen LogP contribution is -2.43. The summed E-state index contributed by atoms with van der Waals surface area (Å²) in [6.07, 6.45) is 1.95. The molecule has 2 amide bonds. The van der Waals surface area contributed by atoms with Gasteiger partial charge in [0.1, 0.15) is 19.8 Å². The average Bonchev–Trinajstić information content (AvgIpc) is 2.91. The maximum Gasteiger partial charge on any atom is 0.323 e. The van der Waals surface area contributed by atoms with Crippen molar-refractivity contribution in [2.75, 3.05) is 32.8 Å². The molecule has 0 aliphatic carbocycles. The Bertz CT molecular complexity index is 735. The van der Waals surface area contributed by atoms with Crippen LogP contribution in [0.2, 0.25) is 0 Å². The molecule has 8 heteroatoms. The second kappa shape index (κ2) is 8.28. The van der Waals surface area contributed by atoms with E-state index in [2.05, 4.69) is 0 Å². The van der Waals surface area contributed by atoms with Crippen LogP contribution in [0.25, 0.3) is 0 Å². The summed E-state index contributed by atoms with van der Waals surface area (Å²) in [6, 6.07) is 5.00. The minimum atomic E-state index is -1.03. The number of ether oxygens (including phenoxy) is 2. The molecule has 0 spiro atoms. The van der Waals surface area contributed by atoms with E-state index >= 15 is 0 Å². The van der Waals surface area contributed by atoms with E-state index in [-0.39, 0.29) is 24.4 Å². The van der Waals surface area contributed by atoms with Gasteiger partial charge in [-0.05, 0) is 37.5 Å². The number of fused-ring (bicyclic) bond motifs is 1. The SMILES string of the molecule is CC(=O)N(CC(=O)O)C1CCCN(C(=O)c2ccc3c(c2)OCCO3)CC1. The molecular formula is C19H24N2O6. The zero-order valence-electron chi connectivity index (χ0n) is 15.3. The van der Waals surface area contributed by atoms with Crippen molar-refractivity contribution in [2.45, 2.75) is 32.2 Å². The van der Waals surface area contributed by atoms with Gasteiger partial charge in [-0.3, -0.25) is 14.4 Å². The molecule has 1 fully saturated rings. The summed E-state index contributed by atoms with van der Waals surface area (Å²) in [5.41, 5.74) is 0.534. The number of rotatable bonds is 4. The molecule has 0 radical (unpaired) electrons. The van der Waals surface area contributed by atoms with Crippen molar-refractivity contribution in [1.29, 1.82) is 0 Å². The van der Waals surface area contributed by atoms with Gasteiger partial charge in [0.2, 0.25) is 5.91 Å². The first-order valence-electron chi connectivity index (χ1n) is 9.13. The molecule has 1 aromatic carbocycles. The topological polar surface area (TPSA) is 96.4 Å². The molecule has 1 unspecified atom stereocenters. The zero-order chi connectivity index (χ0) is 19.4. The lowest BCUT2D eigenvalue weighted by molar-refractivity contribution is -0.145. The third kappa shape index (κ3) is 4.50. The number of nitrogens with zero attached hydrogens (tertiary/aromatic N) is 2. The molecule has 1 N–H and O–H groups in total. The Morgan fingerprint density at radius 2 is 1.89 bits per heavy atom. The third-order valence-electron chi connectivity index (χ3n) is 4.92. The second-order valence-electron chi connectivity index (χ2n) is 6.78. The number of hydrogen-bond acceptors (Lipinski definition) is 5. The highest BCUT2D eigenvalue weighted by atomic mass is 16.6. The number of hydrogen-bond donors (Lipinski definition) is 1. The molecule has 2 heterocycles. The number of carbonyl (C=O) groups is 3. The summed E-state index contributed by atoms with van der Waals surface area (Å²) < 4.78 is 11.0. The highest BCUT2D eigenvalue weighted by molar-refractivity contribution is 5.95. The maximum atomic E-state index is 12.9. The van der Waals surface area contributed by atoms with Crippen LogP contribution in [0.3, 0.4) is 0 Å². The summed E-state index contributed by atoms with van der Waals surface area (Å²) in [6.45, 7) is 3.07. The van der Waals surface area contributed by atoms with Gasteiger partial charge in [0, 0.05) is 31.6 Å². The highest BCUT2D eigenvalue weighted by Gasteiger charge is 2.28. The van der Waals surface area contributed by atoms with Crippen LogP contribution in [-0.2, 0) is 9.59 Å². The van der Waals surface area contributed by atoms with Crippen molar-refractivity contribution in [1.82, 2.24) is 9.80 Å². The van der Waals surface area contributed by atoms with Crippen LogP contribution in [0.4, 0.5) is 0 Å². The Hall–Kier alpha value is -2.77. The predicted octanol–water partition coefficient (Wildman–Crippen LogP) is 1.39. The van der Waals surface area contributed by atoms with E-state index in [0.29, 0.717) is 62.6 Å². The Kier molecular flexibility index (Phi) is 5.83. The molecule has 1 aromatic rings. The molecule has 0 bridgehead atoms. The van der Waals surface area contributed by atoms with Crippen molar-refractivity contribution in [3.05, 3.63) is 23.8 Å². The summed E-state index contributed by atoms with van der Waals surface area (Å²) in [5.74, 6) is -0.170. The van der Waals surface area contributed by atoms with E-state index in [4.69, 9.17) is 14.6 Å². The lowest BCUT2D eigenvalue weighted by Gasteiger charge is -2.29. The van der Waals surface area contributed by atoms with Crippen LogP contribution in [0.1, 0.15) is 36.5 Å². The molecule has 8 nitrogen and oxygen atoms in total. The fraction of sp³-hybridized carbons (Fsp3) is 0.526. The second-order valence-corrected chi connectivity index (χ2v) is 6.78. The first kappa shape index (κ1) is 19.0. The molecule has 1 atom stereocenters. The summed E-state index contributed by atoms with van der Waals surface area (Å²) in [4.78, 5) is 38.9. The van der Waals surface area contributed by atoms with Crippen LogP contribution in [0.5, 0.6) is 11.5 Å². The summed E-state index contributed by atoms with van der Waals surface area (Å²) >= 11 is 0. The Labute approximate surface area is 157 Å². The molecule has 3 rings (SSSR count). The smallest absolute Gasteiger partial charge is 0.323 e. The molecule has 27 heavy (non-hydrogen) atoms. The predicted molar refractivity (Wildman–Crippen MR) is 96.0 cm³/mol. The molecule has 146 valence electrons. The first-order valence-corrected chi connectivity index (χ1v) is 9.13. The quantitative estimate of drug-likeness (QED) is 0.853. The van der Waals surface area contributed by atoms with Gasteiger partial charge in [-0.1, -0.05) is 0 Å². The van der Waals surface area contributed by atoms with Crippen molar-refractivity contribution >= 4 is 17.8 Å². The van der Waals surface area contributed by atoms with Gasteiger partial charge < -0.3 is 24.4 Å². The normalized spacial score (nSPS) is 19.1. The fourth-order valence-corrected chi connectivity index (χ4v) is 3.60. The van der Waals surface area contributed by atoms with Crippen molar-refractivity contribution in [3.63, 3.8) is 0 Å². The molecular weight excluding hydrogens is 352 g/mol. The van der Waals surface area contributed by atoms with E-state index in [1.165, 1.54) is 11.8 Å². The monoisotopic (exact) mass is 376 g/mol. The largest absolute Gasteiger partial charge is 0.486 e. The van der Waals surface area contributed by atoms with Gasteiger partial charge in [-0.15, -0.1) is 0 Å². The maximum absolute atomic E-state index is 12.9. The Morgan fingerprint density at radius 1 is 1.15 bits per heavy atom. The van der Waals surface area contributed by atoms with Gasteiger partial charge in [0.15, 0.2) is 11.5 Å². The zero-order valence-corrected chi connectivity index (χ0v) is 15.3.